The highest BCUT2D eigenvalue weighted by Gasteiger charge is 2.17. The Balaban J connectivity index is 1.33. The van der Waals surface area contributed by atoms with Crippen LogP contribution in [0, 0.1) is 6.92 Å². The maximum atomic E-state index is 12.8. The molecule has 0 saturated carbocycles. The van der Waals surface area contributed by atoms with Crippen LogP contribution in [0.25, 0.3) is 11.1 Å². The lowest BCUT2D eigenvalue weighted by Crippen LogP contribution is -2.28. The van der Waals surface area contributed by atoms with Gasteiger partial charge in [-0.3, -0.25) is 4.79 Å². The van der Waals surface area contributed by atoms with Crippen LogP contribution in [0.3, 0.4) is 0 Å². The summed E-state index contributed by atoms with van der Waals surface area (Å²) in [5, 5.41) is 0.579. The van der Waals surface area contributed by atoms with Gasteiger partial charge < -0.3 is 23.2 Å². The molecule has 0 radical (unpaired) electrons. The van der Waals surface area contributed by atoms with Crippen molar-refractivity contribution < 1.29 is 23.1 Å². The molecule has 2 aromatic carbocycles. The van der Waals surface area contributed by atoms with Gasteiger partial charge in [0.05, 0.1) is 20.0 Å². The molecule has 0 aliphatic heterocycles. The van der Waals surface area contributed by atoms with E-state index < -0.39 is 0 Å². The van der Waals surface area contributed by atoms with Crippen molar-refractivity contribution in [3.63, 3.8) is 0 Å². The van der Waals surface area contributed by atoms with Gasteiger partial charge in [0.15, 0.2) is 22.8 Å². The third-order valence-electron chi connectivity index (χ3n) is 5.34. The van der Waals surface area contributed by atoms with E-state index in [1.807, 2.05) is 49.4 Å². The summed E-state index contributed by atoms with van der Waals surface area (Å²) in [7, 11) is 4.98. The second kappa shape index (κ2) is 10.0. The first kappa shape index (κ1) is 22.8. The zero-order valence-electron chi connectivity index (χ0n) is 19.1. The number of furan rings is 1. The van der Waals surface area contributed by atoms with Gasteiger partial charge in [0.25, 0.3) is 11.1 Å². The third-order valence-corrected chi connectivity index (χ3v) is 6.19. The van der Waals surface area contributed by atoms with Crippen molar-refractivity contribution in [3.8, 4) is 11.5 Å². The number of ether oxygens (including phenoxy) is 2. The van der Waals surface area contributed by atoms with Crippen LogP contribution in [0.4, 0.5) is 0 Å². The van der Waals surface area contributed by atoms with Crippen molar-refractivity contribution in [2.45, 2.75) is 24.3 Å². The van der Waals surface area contributed by atoms with Crippen LogP contribution in [-0.4, -0.2) is 43.6 Å². The predicted octanol–water partition coefficient (Wildman–Crippen LogP) is 5.35. The number of benzene rings is 2. The van der Waals surface area contributed by atoms with Gasteiger partial charge in [-0.2, -0.15) is 0 Å². The van der Waals surface area contributed by atoms with Crippen LogP contribution in [0.1, 0.15) is 27.4 Å². The van der Waals surface area contributed by atoms with E-state index in [0.29, 0.717) is 47.0 Å². The van der Waals surface area contributed by atoms with E-state index in [4.69, 9.17) is 18.3 Å². The van der Waals surface area contributed by atoms with Gasteiger partial charge >= 0.3 is 0 Å². The normalized spacial score (nSPS) is 11.0. The van der Waals surface area contributed by atoms with E-state index in [2.05, 4.69) is 4.98 Å². The molecule has 0 aliphatic rings. The zero-order chi connectivity index (χ0) is 23.4. The van der Waals surface area contributed by atoms with Gasteiger partial charge in [-0.1, -0.05) is 30.0 Å². The number of para-hydroxylation sites is 1. The Morgan fingerprint density at radius 3 is 2.64 bits per heavy atom. The molecule has 2 aromatic heterocycles. The van der Waals surface area contributed by atoms with Gasteiger partial charge in [-0.05, 0) is 54.8 Å². The fourth-order valence-electron chi connectivity index (χ4n) is 3.45. The molecule has 4 aromatic rings. The number of methoxy groups -OCH3 is 2. The third kappa shape index (κ3) is 5.17. The number of carbonyl (C=O) groups excluding carboxylic acids is 1. The van der Waals surface area contributed by atoms with Gasteiger partial charge in [0.1, 0.15) is 11.3 Å². The molecule has 0 aliphatic carbocycles. The van der Waals surface area contributed by atoms with Crippen molar-refractivity contribution in [1.29, 1.82) is 0 Å². The Labute approximate surface area is 196 Å². The van der Waals surface area contributed by atoms with Crippen molar-refractivity contribution >= 4 is 28.8 Å². The van der Waals surface area contributed by atoms with Crippen LogP contribution in [0.2, 0.25) is 0 Å². The van der Waals surface area contributed by atoms with E-state index >= 15 is 0 Å². The first-order valence-electron chi connectivity index (χ1n) is 10.5. The molecule has 0 fully saturated rings. The van der Waals surface area contributed by atoms with Crippen LogP contribution in [0.5, 0.6) is 11.5 Å². The highest BCUT2D eigenvalue weighted by molar-refractivity contribution is 7.98. The summed E-state index contributed by atoms with van der Waals surface area (Å²) in [5.74, 6) is 2.72. The summed E-state index contributed by atoms with van der Waals surface area (Å²) in [6.45, 7) is 2.55. The molecule has 0 N–H and O–H groups in total. The smallest absolute Gasteiger partial charge is 0.289 e. The molecule has 1 amide bonds. The van der Waals surface area contributed by atoms with E-state index in [0.717, 1.165) is 22.2 Å². The molecule has 172 valence electrons. The number of thioether (sulfide) groups is 1. The minimum Gasteiger partial charge on any atom is -0.493 e. The first-order chi connectivity index (χ1) is 16.0. The molecule has 4 rings (SSSR count). The Morgan fingerprint density at radius 2 is 1.88 bits per heavy atom. The Hall–Kier alpha value is -3.39. The largest absolute Gasteiger partial charge is 0.493 e. The highest BCUT2D eigenvalue weighted by Crippen LogP contribution is 2.29. The number of aryl methyl sites for hydroxylation is 1. The molecule has 0 bridgehead atoms. The van der Waals surface area contributed by atoms with E-state index in [1.54, 1.807) is 32.2 Å². The predicted molar refractivity (Wildman–Crippen MR) is 127 cm³/mol. The van der Waals surface area contributed by atoms with Crippen LogP contribution in [0.15, 0.2) is 62.6 Å². The van der Waals surface area contributed by atoms with Crippen LogP contribution in [-0.2, 0) is 12.2 Å². The number of hydrogen-bond acceptors (Lipinski definition) is 7. The first-order valence-corrected chi connectivity index (χ1v) is 11.5. The number of hydrogen-bond donors (Lipinski definition) is 0. The summed E-state index contributed by atoms with van der Waals surface area (Å²) in [5.41, 5.74) is 3.76. The lowest BCUT2D eigenvalue weighted by atomic mass is 10.1. The molecule has 7 nitrogen and oxygen atoms in total. The number of fused-ring (bicyclic) bond motifs is 1. The minimum absolute atomic E-state index is 0.163. The lowest BCUT2D eigenvalue weighted by molar-refractivity contribution is 0.0763. The quantitative estimate of drug-likeness (QED) is 0.308. The number of amides is 1. The van der Waals surface area contributed by atoms with Crippen molar-refractivity contribution in [1.82, 2.24) is 9.88 Å². The second-order valence-corrected chi connectivity index (χ2v) is 8.55. The summed E-state index contributed by atoms with van der Waals surface area (Å²) < 4.78 is 22.2. The topological polar surface area (TPSA) is 77.9 Å². The van der Waals surface area contributed by atoms with Gasteiger partial charge in [-0.15, -0.1) is 0 Å². The summed E-state index contributed by atoms with van der Waals surface area (Å²) in [4.78, 5) is 19.0. The molecule has 0 atom stereocenters. The summed E-state index contributed by atoms with van der Waals surface area (Å²) in [6.07, 6.45) is 0.684. The number of carbonyl (C=O) groups is 1. The fraction of sp³-hybridized carbons (Fsp3) is 0.280. The number of likely N-dealkylation sites (N-methyl/N-ethyl adjacent to an activating group) is 1. The SMILES string of the molecule is COc1ccc(CCN(C)C(=O)c2ccc(CSc3nc4c(C)cccc4o3)o2)cc1OC. The molecular formula is C25H26N2O5S. The van der Waals surface area contributed by atoms with Crippen LogP contribution < -0.4 is 9.47 Å². The minimum atomic E-state index is -0.163. The number of aromatic nitrogens is 1. The maximum absolute atomic E-state index is 12.8. The number of nitrogens with zero attached hydrogens (tertiary/aromatic N) is 2. The summed E-state index contributed by atoms with van der Waals surface area (Å²) in [6, 6.07) is 15.1. The highest BCUT2D eigenvalue weighted by atomic mass is 32.2. The van der Waals surface area contributed by atoms with Crippen molar-refractivity contribution in [2.75, 3.05) is 27.8 Å². The van der Waals surface area contributed by atoms with Gasteiger partial charge in [0, 0.05) is 13.6 Å². The number of oxazole rings is 1. The van der Waals surface area contributed by atoms with Crippen LogP contribution >= 0.6 is 11.8 Å². The Morgan fingerprint density at radius 1 is 1.06 bits per heavy atom. The van der Waals surface area contributed by atoms with Gasteiger partial charge in [-0.25, -0.2) is 4.98 Å². The maximum Gasteiger partial charge on any atom is 0.289 e. The molecule has 8 heteroatoms. The zero-order valence-corrected chi connectivity index (χ0v) is 19.9. The van der Waals surface area contributed by atoms with Crippen molar-refractivity contribution in [2.24, 2.45) is 0 Å². The average molecular weight is 467 g/mol. The molecule has 0 saturated heterocycles. The Bertz CT molecular complexity index is 1260. The monoisotopic (exact) mass is 466 g/mol. The Kier molecular flexibility index (Phi) is 6.93. The standard InChI is InChI=1S/C25H26N2O5S/c1-16-6-5-7-20-23(16)26-25(32-20)33-15-18-9-11-21(31-18)24(28)27(2)13-12-17-8-10-19(29-3)22(14-17)30-4/h5-11,14H,12-13,15H2,1-4H3. The molecule has 0 spiro atoms. The van der Waals surface area contributed by atoms with Crippen molar-refractivity contribution in [3.05, 3.63) is 71.2 Å². The fourth-order valence-corrected chi connectivity index (χ4v) is 4.18. The summed E-state index contributed by atoms with van der Waals surface area (Å²) >= 11 is 1.44. The molecule has 33 heavy (non-hydrogen) atoms. The molecular weight excluding hydrogens is 440 g/mol. The lowest BCUT2D eigenvalue weighted by Gasteiger charge is -2.16. The molecule has 2 heterocycles. The number of rotatable bonds is 9. The van der Waals surface area contributed by atoms with Gasteiger partial charge in [0.2, 0.25) is 0 Å². The van der Waals surface area contributed by atoms with E-state index in [1.165, 1.54) is 11.8 Å². The average Bonchev–Trinajstić information content (AvgIpc) is 3.48. The van der Waals surface area contributed by atoms with E-state index in [-0.39, 0.29) is 5.91 Å². The van der Waals surface area contributed by atoms with E-state index in [9.17, 15) is 4.79 Å². The molecule has 0 unspecified atom stereocenters. The second-order valence-electron chi connectivity index (χ2n) is 7.62.